The SMILES string of the molecule is CC1CCN(Cc2cc(=O)oc3cc(O)ccc23)CC1. The van der Waals surface area contributed by atoms with E-state index in [-0.39, 0.29) is 11.4 Å². The maximum atomic E-state index is 11.6. The van der Waals surface area contributed by atoms with Crippen LogP contribution in [0.25, 0.3) is 11.0 Å². The van der Waals surface area contributed by atoms with E-state index in [1.165, 1.54) is 18.9 Å². The second-order valence-electron chi connectivity index (χ2n) is 5.73. The highest BCUT2D eigenvalue weighted by molar-refractivity contribution is 5.81. The van der Waals surface area contributed by atoms with Gasteiger partial charge in [-0.1, -0.05) is 6.92 Å². The number of hydrogen-bond acceptors (Lipinski definition) is 4. The Bertz CT molecular complexity index is 669. The van der Waals surface area contributed by atoms with Gasteiger partial charge in [0.15, 0.2) is 0 Å². The molecule has 0 unspecified atom stereocenters. The number of hydrogen-bond donors (Lipinski definition) is 1. The van der Waals surface area contributed by atoms with E-state index in [1.807, 2.05) is 6.07 Å². The molecule has 0 amide bonds. The predicted octanol–water partition coefficient (Wildman–Crippen LogP) is 2.73. The summed E-state index contributed by atoms with van der Waals surface area (Å²) >= 11 is 0. The largest absolute Gasteiger partial charge is 0.508 e. The molecule has 106 valence electrons. The highest BCUT2D eigenvalue weighted by Gasteiger charge is 2.17. The molecule has 4 heteroatoms. The van der Waals surface area contributed by atoms with Crippen LogP contribution >= 0.6 is 0 Å². The van der Waals surface area contributed by atoms with E-state index in [4.69, 9.17) is 4.42 Å². The maximum absolute atomic E-state index is 11.6. The molecule has 2 heterocycles. The van der Waals surface area contributed by atoms with Crippen LogP contribution in [0.2, 0.25) is 0 Å². The van der Waals surface area contributed by atoms with Gasteiger partial charge in [0.25, 0.3) is 0 Å². The first-order valence-corrected chi connectivity index (χ1v) is 7.10. The van der Waals surface area contributed by atoms with Gasteiger partial charge in [-0.3, -0.25) is 4.90 Å². The lowest BCUT2D eigenvalue weighted by Crippen LogP contribution is -2.32. The van der Waals surface area contributed by atoms with Crippen molar-refractivity contribution in [2.24, 2.45) is 5.92 Å². The fraction of sp³-hybridized carbons (Fsp3) is 0.438. The summed E-state index contributed by atoms with van der Waals surface area (Å²) in [6.07, 6.45) is 2.42. The number of fused-ring (bicyclic) bond motifs is 1. The minimum Gasteiger partial charge on any atom is -0.508 e. The van der Waals surface area contributed by atoms with Crippen molar-refractivity contribution in [1.82, 2.24) is 4.90 Å². The van der Waals surface area contributed by atoms with Gasteiger partial charge in [-0.05, 0) is 49.5 Å². The molecule has 1 aromatic carbocycles. The summed E-state index contributed by atoms with van der Waals surface area (Å²) in [5, 5.41) is 10.4. The Balaban J connectivity index is 1.92. The van der Waals surface area contributed by atoms with Gasteiger partial charge in [0.05, 0.1) is 0 Å². The summed E-state index contributed by atoms with van der Waals surface area (Å²) in [5.74, 6) is 0.908. The molecule has 1 N–H and O–H groups in total. The van der Waals surface area contributed by atoms with Crippen molar-refractivity contribution >= 4 is 11.0 Å². The molecule has 4 nitrogen and oxygen atoms in total. The van der Waals surface area contributed by atoms with Crippen LogP contribution in [-0.4, -0.2) is 23.1 Å². The number of phenolic OH excluding ortho intramolecular Hbond substituents is 1. The van der Waals surface area contributed by atoms with Crippen molar-refractivity contribution in [3.8, 4) is 5.75 Å². The average Bonchev–Trinajstić information content (AvgIpc) is 2.40. The molecule has 1 saturated heterocycles. The molecule has 0 saturated carbocycles. The molecule has 0 spiro atoms. The van der Waals surface area contributed by atoms with E-state index >= 15 is 0 Å². The lowest BCUT2D eigenvalue weighted by molar-refractivity contribution is 0.185. The lowest BCUT2D eigenvalue weighted by Gasteiger charge is -2.30. The monoisotopic (exact) mass is 273 g/mol. The van der Waals surface area contributed by atoms with E-state index in [0.717, 1.165) is 36.5 Å². The van der Waals surface area contributed by atoms with Crippen molar-refractivity contribution in [3.05, 3.63) is 40.2 Å². The number of aromatic hydroxyl groups is 1. The van der Waals surface area contributed by atoms with Gasteiger partial charge >= 0.3 is 5.63 Å². The van der Waals surface area contributed by atoms with E-state index in [9.17, 15) is 9.90 Å². The lowest BCUT2D eigenvalue weighted by atomic mass is 9.98. The van der Waals surface area contributed by atoms with Crippen molar-refractivity contribution in [2.45, 2.75) is 26.3 Å². The first kappa shape index (κ1) is 13.2. The molecular weight excluding hydrogens is 254 g/mol. The van der Waals surface area contributed by atoms with Crippen LogP contribution in [0.1, 0.15) is 25.3 Å². The average molecular weight is 273 g/mol. The number of phenols is 1. The van der Waals surface area contributed by atoms with Crippen molar-refractivity contribution in [1.29, 1.82) is 0 Å². The smallest absolute Gasteiger partial charge is 0.336 e. The number of piperidine rings is 1. The fourth-order valence-corrected chi connectivity index (χ4v) is 2.81. The Labute approximate surface area is 117 Å². The van der Waals surface area contributed by atoms with Crippen LogP contribution < -0.4 is 5.63 Å². The van der Waals surface area contributed by atoms with Crippen LogP contribution in [-0.2, 0) is 6.54 Å². The minimum absolute atomic E-state index is 0.115. The molecular formula is C16H19NO3. The second-order valence-corrected chi connectivity index (χ2v) is 5.73. The van der Waals surface area contributed by atoms with Gasteiger partial charge < -0.3 is 9.52 Å². The molecule has 3 rings (SSSR count). The summed E-state index contributed by atoms with van der Waals surface area (Å²) in [7, 11) is 0. The van der Waals surface area contributed by atoms with Gasteiger partial charge in [0.2, 0.25) is 0 Å². The van der Waals surface area contributed by atoms with Gasteiger partial charge in [0.1, 0.15) is 11.3 Å². The Morgan fingerprint density at radius 1 is 1.30 bits per heavy atom. The molecule has 0 radical (unpaired) electrons. The Morgan fingerprint density at radius 2 is 2.05 bits per heavy atom. The standard InChI is InChI=1S/C16H19NO3/c1-11-4-6-17(7-5-11)10-12-8-16(19)20-15-9-13(18)2-3-14(12)15/h2-3,8-9,11,18H,4-7,10H2,1H3. The molecule has 20 heavy (non-hydrogen) atoms. The summed E-state index contributed by atoms with van der Waals surface area (Å²) in [5.41, 5.74) is 1.08. The van der Waals surface area contributed by atoms with Crippen LogP contribution in [0, 0.1) is 5.92 Å². The van der Waals surface area contributed by atoms with Gasteiger partial charge in [-0.25, -0.2) is 4.79 Å². The highest BCUT2D eigenvalue weighted by atomic mass is 16.4. The molecule has 0 atom stereocenters. The third-order valence-electron chi connectivity index (χ3n) is 4.08. The van der Waals surface area contributed by atoms with Crippen LogP contribution in [0.5, 0.6) is 5.75 Å². The van der Waals surface area contributed by atoms with Gasteiger partial charge in [-0.15, -0.1) is 0 Å². The summed E-state index contributed by atoms with van der Waals surface area (Å²) in [6, 6.07) is 6.51. The predicted molar refractivity (Wildman–Crippen MR) is 77.8 cm³/mol. The second kappa shape index (κ2) is 5.29. The molecule has 0 aliphatic carbocycles. The molecule has 1 aliphatic rings. The maximum Gasteiger partial charge on any atom is 0.336 e. The quantitative estimate of drug-likeness (QED) is 0.855. The van der Waals surface area contributed by atoms with E-state index in [1.54, 1.807) is 12.1 Å². The zero-order valence-corrected chi connectivity index (χ0v) is 11.6. The van der Waals surface area contributed by atoms with Crippen LogP contribution in [0.4, 0.5) is 0 Å². The van der Waals surface area contributed by atoms with E-state index in [0.29, 0.717) is 5.58 Å². The first-order chi connectivity index (χ1) is 9.61. The summed E-state index contributed by atoms with van der Waals surface area (Å²) in [6.45, 7) is 5.19. The molecule has 2 aromatic rings. The van der Waals surface area contributed by atoms with Gasteiger partial charge in [0, 0.05) is 24.1 Å². The normalized spacial score (nSPS) is 17.6. The molecule has 1 aromatic heterocycles. The third-order valence-corrected chi connectivity index (χ3v) is 4.08. The van der Waals surface area contributed by atoms with Crippen molar-refractivity contribution in [2.75, 3.05) is 13.1 Å². The van der Waals surface area contributed by atoms with E-state index < -0.39 is 0 Å². The number of benzene rings is 1. The van der Waals surface area contributed by atoms with Crippen molar-refractivity contribution in [3.63, 3.8) is 0 Å². The highest BCUT2D eigenvalue weighted by Crippen LogP contribution is 2.24. The summed E-state index contributed by atoms with van der Waals surface area (Å²) in [4.78, 5) is 14.0. The topological polar surface area (TPSA) is 53.7 Å². The first-order valence-electron chi connectivity index (χ1n) is 7.10. The Kier molecular flexibility index (Phi) is 3.49. The Morgan fingerprint density at radius 3 is 2.80 bits per heavy atom. The van der Waals surface area contributed by atoms with Crippen LogP contribution in [0.15, 0.2) is 33.5 Å². The molecule has 1 aliphatic heterocycles. The minimum atomic E-state index is -0.358. The molecule has 1 fully saturated rings. The number of nitrogens with zero attached hydrogens (tertiary/aromatic N) is 1. The number of rotatable bonds is 2. The third kappa shape index (κ3) is 2.70. The fourth-order valence-electron chi connectivity index (χ4n) is 2.81. The summed E-state index contributed by atoms with van der Waals surface area (Å²) < 4.78 is 5.16. The van der Waals surface area contributed by atoms with Crippen molar-refractivity contribution < 1.29 is 9.52 Å². The van der Waals surface area contributed by atoms with Gasteiger partial charge in [-0.2, -0.15) is 0 Å². The van der Waals surface area contributed by atoms with E-state index in [2.05, 4.69) is 11.8 Å². The molecule has 0 bridgehead atoms. The zero-order chi connectivity index (χ0) is 14.1. The zero-order valence-electron chi connectivity index (χ0n) is 11.6. The van der Waals surface area contributed by atoms with Crippen LogP contribution in [0.3, 0.4) is 0 Å². The Hall–Kier alpha value is -1.81. The number of likely N-dealkylation sites (tertiary alicyclic amines) is 1.